The molecule has 3 aliphatic heterocycles. The number of hydrogen-bond donors (Lipinski definition) is 2. The minimum atomic E-state index is -0.189. The van der Waals surface area contributed by atoms with E-state index < -0.39 is 0 Å². The molecule has 0 aromatic heterocycles. The van der Waals surface area contributed by atoms with Gasteiger partial charge in [0.05, 0.1) is 5.92 Å². The molecule has 2 amide bonds. The van der Waals surface area contributed by atoms with Crippen LogP contribution in [0, 0.1) is 5.41 Å². The van der Waals surface area contributed by atoms with Crippen molar-refractivity contribution in [1.82, 2.24) is 10.6 Å². The monoisotopic (exact) mass is 327 g/mol. The van der Waals surface area contributed by atoms with Gasteiger partial charge in [-0.1, -0.05) is 12.1 Å². The van der Waals surface area contributed by atoms with Crippen molar-refractivity contribution >= 4 is 17.5 Å². The lowest BCUT2D eigenvalue weighted by Gasteiger charge is -2.34. The van der Waals surface area contributed by atoms with E-state index in [1.807, 2.05) is 0 Å². The fourth-order valence-corrected chi connectivity index (χ4v) is 4.45. The molecule has 1 spiro atoms. The van der Waals surface area contributed by atoms with Crippen LogP contribution in [0.1, 0.15) is 43.6 Å². The molecule has 0 aliphatic carbocycles. The summed E-state index contributed by atoms with van der Waals surface area (Å²) >= 11 is 0. The van der Waals surface area contributed by atoms with Gasteiger partial charge in [0.1, 0.15) is 0 Å². The molecule has 3 saturated heterocycles. The van der Waals surface area contributed by atoms with Crippen LogP contribution in [0.15, 0.2) is 24.3 Å². The number of carbonyl (C=O) groups is 2. The van der Waals surface area contributed by atoms with Crippen LogP contribution in [0.5, 0.6) is 0 Å². The minimum Gasteiger partial charge on any atom is -0.371 e. The third kappa shape index (κ3) is 2.93. The Morgan fingerprint density at radius 2 is 1.79 bits per heavy atom. The molecule has 0 bridgehead atoms. The lowest BCUT2D eigenvalue weighted by Crippen LogP contribution is -2.39. The maximum atomic E-state index is 12.0. The number of piperidine rings is 2. The lowest BCUT2D eigenvalue weighted by atomic mass is 9.78. The molecule has 3 heterocycles. The molecule has 5 nitrogen and oxygen atoms in total. The summed E-state index contributed by atoms with van der Waals surface area (Å²) in [7, 11) is 0. The van der Waals surface area contributed by atoms with Crippen LogP contribution in [-0.4, -0.2) is 38.0 Å². The van der Waals surface area contributed by atoms with Crippen LogP contribution in [0.25, 0.3) is 0 Å². The van der Waals surface area contributed by atoms with Crippen molar-refractivity contribution in [3.63, 3.8) is 0 Å². The summed E-state index contributed by atoms with van der Waals surface area (Å²) in [6.07, 6.45) is 4.88. The molecule has 4 rings (SSSR count). The number of benzene rings is 1. The second-order valence-corrected chi connectivity index (χ2v) is 7.52. The van der Waals surface area contributed by atoms with E-state index in [0.717, 1.165) is 31.7 Å². The molecule has 24 heavy (non-hydrogen) atoms. The van der Waals surface area contributed by atoms with Gasteiger partial charge in [-0.05, 0) is 61.9 Å². The molecule has 128 valence electrons. The minimum absolute atomic E-state index is 0.155. The van der Waals surface area contributed by atoms with E-state index in [-0.39, 0.29) is 17.7 Å². The number of hydrogen-bond acceptors (Lipinski definition) is 4. The van der Waals surface area contributed by atoms with E-state index in [4.69, 9.17) is 0 Å². The maximum Gasteiger partial charge on any atom is 0.234 e. The SMILES string of the molecule is O=C1CCC(c2ccc(N3CCC4(CCNCC4)C3)cc2)C(=O)N1. The Morgan fingerprint density at radius 3 is 2.50 bits per heavy atom. The van der Waals surface area contributed by atoms with Gasteiger partial charge < -0.3 is 10.2 Å². The van der Waals surface area contributed by atoms with Crippen LogP contribution in [0.4, 0.5) is 5.69 Å². The molecule has 1 unspecified atom stereocenters. The van der Waals surface area contributed by atoms with E-state index in [2.05, 4.69) is 39.8 Å². The second-order valence-electron chi connectivity index (χ2n) is 7.52. The first kappa shape index (κ1) is 15.6. The third-order valence-electron chi connectivity index (χ3n) is 6.00. The topological polar surface area (TPSA) is 61.4 Å². The first-order valence-electron chi connectivity index (χ1n) is 9.05. The van der Waals surface area contributed by atoms with Crippen LogP contribution in [0.2, 0.25) is 0 Å². The number of anilines is 1. The average Bonchev–Trinajstić information content (AvgIpc) is 2.99. The highest BCUT2D eigenvalue weighted by Gasteiger charge is 2.39. The first-order chi connectivity index (χ1) is 11.7. The number of nitrogens with one attached hydrogen (secondary N) is 2. The predicted molar refractivity (Wildman–Crippen MR) is 92.9 cm³/mol. The number of rotatable bonds is 2. The van der Waals surface area contributed by atoms with Gasteiger partial charge in [-0.15, -0.1) is 0 Å². The van der Waals surface area contributed by atoms with Gasteiger partial charge in [0.2, 0.25) is 11.8 Å². The van der Waals surface area contributed by atoms with Crippen LogP contribution < -0.4 is 15.5 Å². The molecule has 0 radical (unpaired) electrons. The highest BCUT2D eigenvalue weighted by atomic mass is 16.2. The normalized spacial score (nSPS) is 26.7. The zero-order valence-corrected chi connectivity index (χ0v) is 14.0. The quantitative estimate of drug-likeness (QED) is 0.813. The highest BCUT2D eigenvalue weighted by molar-refractivity contribution is 6.00. The van der Waals surface area contributed by atoms with Crippen molar-refractivity contribution < 1.29 is 9.59 Å². The van der Waals surface area contributed by atoms with Gasteiger partial charge in [-0.3, -0.25) is 14.9 Å². The number of carbonyl (C=O) groups excluding carboxylic acids is 2. The van der Waals surface area contributed by atoms with Crippen molar-refractivity contribution in [3.8, 4) is 0 Å². The highest BCUT2D eigenvalue weighted by Crippen LogP contribution is 2.40. The summed E-state index contributed by atoms with van der Waals surface area (Å²) in [4.78, 5) is 25.8. The molecule has 2 N–H and O–H groups in total. The summed E-state index contributed by atoms with van der Waals surface area (Å²) in [5, 5.41) is 5.90. The molecule has 1 aromatic carbocycles. The lowest BCUT2D eigenvalue weighted by molar-refractivity contribution is -0.134. The van der Waals surface area contributed by atoms with Crippen LogP contribution in [0.3, 0.4) is 0 Å². The fourth-order valence-electron chi connectivity index (χ4n) is 4.45. The molecule has 5 heteroatoms. The molecule has 3 aliphatic rings. The zero-order valence-electron chi connectivity index (χ0n) is 14.0. The van der Waals surface area contributed by atoms with E-state index in [0.29, 0.717) is 18.3 Å². The van der Waals surface area contributed by atoms with Gasteiger partial charge in [-0.25, -0.2) is 0 Å². The average molecular weight is 327 g/mol. The predicted octanol–water partition coefficient (Wildman–Crippen LogP) is 1.79. The van der Waals surface area contributed by atoms with Gasteiger partial charge in [-0.2, -0.15) is 0 Å². The Labute approximate surface area is 142 Å². The summed E-state index contributed by atoms with van der Waals surface area (Å²) in [6, 6.07) is 8.39. The van der Waals surface area contributed by atoms with Crippen molar-refractivity contribution in [1.29, 1.82) is 0 Å². The largest absolute Gasteiger partial charge is 0.371 e. The molecular weight excluding hydrogens is 302 g/mol. The summed E-state index contributed by atoms with van der Waals surface area (Å²) in [6.45, 7) is 4.55. The van der Waals surface area contributed by atoms with Crippen molar-refractivity contribution in [2.24, 2.45) is 5.41 Å². The summed E-state index contributed by atoms with van der Waals surface area (Å²) < 4.78 is 0. The summed E-state index contributed by atoms with van der Waals surface area (Å²) in [5.41, 5.74) is 2.76. The standard InChI is InChI=1S/C19H25N3O2/c23-17-6-5-16(18(24)21-17)14-1-3-15(4-2-14)22-12-9-19(13-22)7-10-20-11-8-19/h1-4,16,20H,5-13H2,(H,21,23,24). The maximum absolute atomic E-state index is 12.0. The summed E-state index contributed by atoms with van der Waals surface area (Å²) in [5.74, 6) is -0.503. The Bertz CT molecular complexity index is 635. The van der Waals surface area contributed by atoms with Crippen LogP contribution >= 0.6 is 0 Å². The van der Waals surface area contributed by atoms with E-state index in [1.54, 1.807) is 0 Å². The van der Waals surface area contributed by atoms with E-state index >= 15 is 0 Å². The van der Waals surface area contributed by atoms with Gasteiger partial charge in [0.25, 0.3) is 0 Å². The number of imide groups is 1. The third-order valence-corrected chi connectivity index (χ3v) is 6.00. The van der Waals surface area contributed by atoms with Gasteiger partial charge >= 0.3 is 0 Å². The first-order valence-corrected chi connectivity index (χ1v) is 9.05. The fraction of sp³-hybridized carbons (Fsp3) is 0.579. The number of amides is 2. The van der Waals surface area contributed by atoms with Gasteiger partial charge in [0, 0.05) is 25.2 Å². The van der Waals surface area contributed by atoms with Crippen molar-refractivity contribution in [2.75, 3.05) is 31.1 Å². The van der Waals surface area contributed by atoms with Gasteiger partial charge in [0.15, 0.2) is 0 Å². The van der Waals surface area contributed by atoms with Crippen molar-refractivity contribution in [3.05, 3.63) is 29.8 Å². The molecule has 3 fully saturated rings. The Balaban J connectivity index is 1.44. The Hall–Kier alpha value is -1.88. The van der Waals surface area contributed by atoms with E-state index in [1.165, 1.54) is 24.9 Å². The van der Waals surface area contributed by atoms with Crippen LogP contribution in [-0.2, 0) is 9.59 Å². The molecule has 1 aromatic rings. The Morgan fingerprint density at radius 1 is 1.04 bits per heavy atom. The van der Waals surface area contributed by atoms with Crippen molar-refractivity contribution in [2.45, 2.75) is 38.0 Å². The molecule has 0 saturated carbocycles. The smallest absolute Gasteiger partial charge is 0.234 e. The second kappa shape index (κ2) is 6.20. The molecular formula is C19H25N3O2. The van der Waals surface area contributed by atoms with E-state index in [9.17, 15) is 9.59 Å². The molecule has 1 atom stereocenters. The number of nitrogens with zero attached hydrogens (tertiary/aromatic N) is 1. The zero-order chi connectivity index (χ0) is 16.6. The Kier molecular flexibility index (Phi) is 4.04.